The first-order valence-corrected chi connectivity index (χ1v) is 5.89. The highest BCUT2D eigenvalue weighted by atomic mass is 79.9. The Morgan fingerprint density at radius 2 is 2.00 bits per heavy atom. The van der Waals surface area contributed by atoms with Crippen LogP contribution in [0, 0.1) is 10.1 Å². The maximum Gasteiger partial charge on any atom is 0.270 e. The first-order valence-electron chi connectivity index (χ1n) is 5.10. The maximum atomic E-state index is 12.0. The normalized spacial score (nSPS) is 9.95. The average Bonchev–Trinajstić information content (AvgIpc) is 2.40. The standard InChI is InChI=1S/C11H7BrN4O3/c12-9-3-2-7(16(18)19)6-8(9)10(17)15-11-13-4-1-5-14-11/h1-6H,(H,13,14,15,17). The lowest BCUT2D eigenvalue weighted by atomic mass is 10.2. The van der Waals surface area contributed by atoms with Crippen LogP contribution < -0.4 is 5.32 Å². The second kappa shape index (κ2) is 5.53. The quantitative estimate of drug-likeness (QED) is 0.691. The Morgan fingerprint density at radius 3 is 2.63 bits per heavy atom. The number of nitro groups is 1. The van der Waals surface area contributed by atoms with E-state index < -0.39 is 10.8 Å². The molecule has 0 aliphatic carbocycles. The predicted molar refractivity (Wildman–Crippen MR) is 70.8 cm³/mol. The van der Waals surface area contributed by atoms with Gasteiger partial charge in [0.2, 0.25) is 5.95 Å². The van der Waals surface area contributed by atoms with Gasteiger partial charge in [-0.15, -0.1) is 0 Å². The zero-order chi connectivity index (χ0) is 13.8. The predicted octanol–water partition coefficient (Wildman–Crippen LogP) is 2.40. The molecular formula is C11H7BrN4O3. The summed E-state index contributed by atoms with van der Waals surface area (Å²) in [7, 11) is 0. The minimum absolute atomic E-state index is 0.130. The summed E-state index contributed by atoms with van der Waals surface area (Å²) in [6, 6.07) is 5.54. The van der Waals surface area contributed by atoms with E-state index in [-0.39, 0.29) is 17.2 Å². The van der Waals surface area contributed by atoms with Crippen LogP contribution in [-0.4, -0.2) is 20.8 Å². The monoisotopic (exact) mass is 322 g/mol. The second-order valence-corrected chi connectivity index (χ2v) is 4.30. The molecule has 0 fully saturated rings. The third-order valence-corrected chi connectivity index (χ3v) is 2.89. The van der Waals surface area contributed by atoms with Crippen molar-refractivity contribution in [2.45, 2.75) is 0 Å². The van der Waals surface area contributed by atoms with E-state index in [4.69, 9.17) is 0 Å². The fourth-order valence-corrected chi connectivity index (χ4v) is 1.76. The number of amides is 1. The molecule has 96 valence electrons. The maximum absolute atomic E-state index is 12.0. The van der Waals surface area contributed by atoms with Crippen molar-refractivity contribution < 1.29 is 9.72 Å². The molecule has 0 saturated carbocycles. The van der Waals surface area contributed by atoms with Crippen molar-refractivity contribution in [2.24, 2.45) is 0 Å². The van der Waals surface area contributed by atoms with Gasteiger partial charge in [0.15, 0.2) is 0 Å². The number of carbonyl (C=O) groups excluding carboxylic acids is 1. The number of nitrogens with zero attached hydrogens (tertiary/aromatic N) is 3. The van der Waals surface area contributed by atoms with E-state index in [9.17, 15) is 14.9 Å². The number of nitro benzene ring substituents is 1. The number of rotatable bonds is 3. The minimum atomic E-state index is -0.567. The molecule has 0 saturated heterocycles. The van der Waals surface area contributed by atoms with Gasteiger partial charge in [-0.1, -0.05) is 0 Å². The van der Waals surface area contributed by atoms with Crippen LogP contribution in [0.25, 0.3) is 0 Å². The minimum Gasteiger partial charge on any atom is -0.290 e. The van der Waals surface area contributed by atoms with Crippen LogP contribution in [0.4, 0.5) is 11.6 Å². The van der Waals surface area contributed by atoms with E-state index in [1.54, 1.807) is 6.07 Å². The number of benzene rings is 1. The lowest BCUT2D eigenvalue weighted by Crippen LogP contribution is -2.14. The van der Waals surface area contributed by atoms with Crippen LogP contribution in [0.1, 0.15) is 10.4 Å². The number of nitrogens with one attached hydrogen (secondary N) is 1. The van der Waals surface area contributed by atoms with Gasteiger partial charge >= 0.3 is 0 Å². The Kier molecular flexibility index (Phi) is 3.81. The van der Waals surface area contributed by atoms with Crippen molar-refractivity contribution in [1.29, 1.82) is 0 Å². The van der Waals surface area contributed by atoms with Gasteiger partial charge in [-0.05, 0) is 28.1 Å². The second-order valence-electron chi connectivity index (χ2n) is 3.45. The van der Waals surface area contributed by atoms with Crippen molar-refractivity contribution in [2.75, 3.05) is 5.32 Å². The summed E-state index contributed by atoms with van der Waals surface area (Å²) in [6.07, 6.45) is 2.95. The van der Waals surface area contributed by atoms with E-state index >= 15 is 0 Å². The smallest absolute Gasteiger partial charge is 0.270 e. The number of anilines is 1. The van der Waals surface area contributed by atoms with Crippen molar-refractivity contribution >= 4 is 33.5 Å². The molecule has 0 aliphatic rings. The molecule has 0 aliphatic heterocycles. The average molecular weight is 323 g/mol. The van der Waals surface area contributed by atoms with Gasteiger partial charge < -0.3 is 0 Å². The highest BCUT2D eigenvalue weighted by Gasteiger charge is 2.16. The Bertz CT molecular complexity index is 633. The van der Waals surface area contributed by atoms with E-state index in [1.807, 2.05) is 0 Å². The summed E-state index contributed by atoms with van der Waals surface area (Å²) in [5, 5.41) is 13.1. The van der Waals surface area contributed by atoms with Crippen LogP contribution in [-0.2, 0) is 0 Å². The van der Waals surface area contributed by atoms with Crippen molar-refractivity contribution in [3.05, 3.63) is 56.8 Å². The highest BCUT2D eigenvalue weighted by Crippen LogP contribution is 2.23. The van der Waals surface area contributed by atoms with E-state index in [0.29, 0.717) is 4.47 Å². The Balaban J connectivity index is 2.28. The van der Waals surface area contributed by atoms with Gasteiger partial charge in [0.05, 0.1) is 10.5 Å². The Labute approximate surface area is 116 Å². The fraction of sp³-hybridized carbons (Fsp3) is 0. The summed E-state index contributed by atoms with van der Waals surface area (Å²) in [5.41, 5.74) is -0.0241. The van der Waals surface area contributed by atoms with Crippen LogP contribution in [0.2, 0.25) is 0 Å². The molecule has 19 heavy (non-hydrogen) atoms. The summed E-state index contributed by atoms with van der Waals surface area (Å²) in [5.74, 6) is -0.396. The molecule has 0 radical (unpaired) electrons. The number of carbonyl (C=O) groups is 1. The van der Waals surface area contributed by atoms with Gasteiger partial charge in [0.1, 0.15) is 0 Å². The first kappa shape index (κ1) is 13.1. The van der Waals surface area contributed by atoms with E-state index in [1.165, 1.54) is 30.6 Å². The van der Waals surface area contributed by atoms with Crippen LogP contribution in [0.3, 0.4) is 0 Å². The molecule has 0 atom stereocenters. The summed E-state index contributed by atoms with van der Waals surface area (Å²) in [4.78, 5) is 29.8. The number of hydrogen-bond donors (Lipinski definition) is 1. The molecular weight excluding hydrogens is 316 g/mol. The van der Waals surface area contributed by atoms with Crippen LogP contribution in [0.5, 0.6) is 0 Å². The SMILES string of the molecule is O=C(Nc1ncccn1)c1cc([N+](=O)[O-])ccc1Br. The number of halogens is 1. The molecule has 0 spiro atoms. The highest BCUT2D eigenvalue weighted by molar-refractivity contribution is 9.10. The molecule has 1 heterocycles. The van der Waals surface area contributed by atoms with Gasteiger partial charge in [-0.25, -0.2) is 9.97 Å². The molecule has 1 amide bonds. The van der Waals surface area contributed by atoms with Crippen molar-refractivity contribution in [3.63, 3.8) is 0 Å². The van der Waals surface area contributed by atoms with Crippen molar-refractivity contribution in [1.82, 2.24) is 9.97 Å². The Morgan fingerprint density at radius 1 is 1.32 bits per heavy atom. The van der Waals surface area contributed by atoms with E-state index in [2.05, 4.69) is 31.2 Å². The van der Waals surface area contributed by atoms with E-state index in [0.717, 1.165) is 0 Å². The molecule has 1 aromatic carbocycles. The van der Waals surface area contributed by atoms with Gasteiger partial charge in [0, 0.05) is 29.0 Å². The largest absolute Gasteiger partial charge is 0.290 e. The van der Waals surface area contributed by atoms with Gasteiger partial charge in [0.25, 0.3) is 11.6 Å². The first-order chi connectivity index (χ1) is 9.08. The zero-order valence-corrected chi connectivity index (χ0v) is 11.0. The molecule has 2 aromatic rings. The van der Waals surface area contributed by atoms with Crippen LogP contribution >= 0.6 is 15.9 Å². The third-order valence-electron chi connectivity index (χ3n) is 2.20. The number of hydrogen-bond acceptors (Lipinski definition) is 5. The summed E-state index contributed by atoms with van der Waals surface area (Å²) >= 11 is 3.17. The summed E-state index contributed by atoms with van der Waals surface area (Å²) < 4.78 is 0.450. The molecule has 1 aromatic heterocycles. The van der Waals surface area contributed by atoms with Gasteiger partial charge in [-0.2, -0.15) is 0 Å². The van der Waals surface area contributed by atoms with Crippen molar-refractivity contribution in [3.8, 4) is 0 Å². The lowest BCUT2D eigenvalue weighted by molar-refractivity contribution is -0.384. The van der Waals surface area contributed by atoms with Gasteiger partial charge in [-0.3, -0.25) is 20.2 Å². The molecule has 8 heteroatoms. The fourth-order valence-electron chi connectivity index (χ4n) is 1.33. The molecule has 0 bridgehead atoms. The molecule has 1 N–H and O–H groups in total. The topological polar surface area (TPSA) is 98.0 Å². The lowest BCUT2D eigenvalue weighted by Gasteiger charge is -2.05. The molecule has 0 unspecified atom stereocenters. The zero-order valence-electron chi connectivity index (χ0n) is 9.41. The third kappa shape index (κ3) is 3.10. The molecule has 2 rings (SSSR count). The Hall–Kier alpha value is -2.35. The summed E-state index contributed by atoms with van der Waals surface area (Å²) in [6.45, 7) is 0. The number of non-ortho nitro benzene ring substituents is 1. The molecule has 7 nitrogen and oxygen atoms in total. The van der Waals surface area contributed by atoms with Crippen LogP contribution in [0.15, 0.2) is 41.1 Å². The number of aromatic nitrogens is 2.